The molecule has 0 unspecified atom stereocenters. The number of rotatable bonds is 5. The highest BCUT2D eigenvalue weighted by atomic mass is 127. The highest BCUT2D eigenvalue weighted by Crippen LogP contribution is 2.11. The SMILES string of the molecule is CN=C(NCCN1CCCS1(=O)=O)NCc1ccccc1F.I. The molecule has 1 aliphatic rings. The van der Waals surface area contributed by atoms with Crippen LogP contribution in [0.15, 0.2) is 29.3 Å². The summed E-state index contributed by atoms with van der Waals surface area (Å²) < 4.78 is 38.3. The molecule has 23 heavy (non-hydrogen) atoms. The lowest BCUT2D eigenvalue weighted by Gasteiger charge is -2.16. The number of benzene rings is 1. The van der Waals surface area contributed by atoms with E-state index in [1.807, 2.05) is 0 Å². The Morgan fingerprint density at radius 1 is 1.35 bits per heavy atom. The van der Waals surface area contributed by atoms with Crippen LogP contribution in [0.3, 0.4) is 0 Å². The Morgan fingerprint density at radius 2 is 2.09 bits per heavy atom. The molecule has 1 aliphatic heterocycles. The third-order valence-corrected chi connectivity index (χ3v) is 5.44. The maximum atomic E-state index is 13.5. The molecule has 0 aromatic heterocycles. The van der Waals surface area contributed by atoms with Crippen molar-refractivity contribution in [3.63, 3.8) is 0 Å². The lowest BCUT2D eigenvalue weighted by Crippen LogP contribution is -2.41. The number of halogens is 2. The molecule has 6 nitrogen and oxygen atoms in total. The first-order valence-corrected chi connectivity index (χ1v) is 8.79. The largest absolute Gasteiger partial charge is 0.355 e. The highest BCUT2D eigenvalue weighted by molar-refractivity contribution is 14.0. The minimum absolute atomic E-state index is 0. The van der Waals surface area contributed by atoms with E-state index in [9.17, 15) is 12.8 Å². The molecule has 1 saturated heterocycles. The minimum Gasteiger partial charge on any atom is -0.355 e. The van der Waals surface area contributed by atoms with Crippen molar-refractivity contribution in [2.24, 2.45) is 4.99 Å². The molecule has 1 aromatic rings. The topological polar surface area (TPSA) is 73.8 Å². The van der Waals surface area contributed by atoms with Crippen molar-refractivity contribution in [3.05, 3.63) is 35.6 Å². The van der Waals surface area contributed by atoms with Crippen molar-refractivity contribution in [3.8, 4) is 0 Å². The number of sulfonamides is 1. The van der Waals surface area contributed by atoms with E-state index in [2.05, 4.69) is 15.6 Å². The van der Waals surface area contributed by atoms with Crippen LogP contribution in [0.4, 0.5) is 4.39 Å². The van der Waals surface area contributed by atoms with E-state index < -0.39 is 10.0 Å². The Morgan fingerprint density at radius 3 is 2.70 bits per heavy atom. The van der Waals surface area contributed by atoms with Crippen LogP contribution in [0.1, 0.15) is 12.0 Å². The molecule has 2 rings (SSSR count). The quantitative estimate of drug-likeness (QED) is 0.396. The van der Waals surface area contributed by atoms with Gasteiger partial charge in [-0.1, -0.05) is 18.2 Å². The van der Waals surface area contributed by atoms with Crippen molar-refractivity contribution in [2.75, 3.05) is 32.4 Å². The Bertz CT molecular complexity index is 639. The molecule has 0 aliphatic carbocycles. The number of nitrogens with zero attached hydrogens (tertiary/aromatic N) is 2. The zero-order valence-corrected chi connectivity index (χ0v) is 16.1. The number of nitrogens with one attached hydrogen (secondary N) is 2. The molecule has 0 radical (unpaired) electrons. The van der Waals surface area contributed by atoms with Crippen molar-refractivity contribution in [2.45, 2.75) is 13.0 Å². The first kappa shape index (κ1) is 20.1. The number of guanidine groups is 1. The first-order chi connectivity index (χ1) is 10.5. The maximum absolute atomic E-state index is 13.5. The molecule has 0 amide bonds. The zero-order valence-electron chi connectivity index (χ0n) is 13.0. The van der Waals surface area contributed by atoms with Gasteiger partial charge < -0.3 is 10.6 Å². The fraction of sp³-hybridized carbons (Fsp3) is 0.500. The molecule has 1 fully saturated rings. The summed E-state index contributed by atoms with van der Waals surface area (Å²) >= 11 is 0. The maximum Gasteiger partial charge on any atom is 0.214 e. The van der Waals surface area contributed by atoms with Crippen molar-refractivity contribution >= 4 is 40.0 Å². The summed E-state index contributed by atoms with van der Waals surface area (Å²) in [6.45, 7) is 1.75. The average molecular weight is 456 g/mol. The van der Waals surface area contributed by atoms with Crippen LogP contribution < -0.4 is 10.6 Å². The molecule has 0 spiro atoms. The van der Waals surface area contributed by atoms with E-state index in [1.54, 1.807) is 25.2 Å². The number of hydrogen-bond donors (Lipinski definition) is 2. The minimum atomic E-state index is -3.07. The van der Waals surface area contributed by atoms with Gasteiger partial charge in [-0.05, 0) is 12.5 Å². The number of aliphatic imine (C=N–C) groups is 1. The molecule has 130 valence electrons. The van der Waals surface area contributed by atoms with Gasteiger partial charge in [0.05, 0.1) is 5.75 Å². The molecule has 0 bridgehead atoms. The molecule has 9 heteroatoms. The zero-order chi connectivity index (χ0) is 16.0. The van der Waals surface area contributed by atoms with E-state index in [0.29, 0.717) is 44.1 Å². The fourth-order valence-electron chi connectivity index (χ4n) is 2.28. The van der Waals surface area contributed by atoms with E-state index in [4.69, 9.17) is 0 Å². The average Bonchev–Trinajstić information content (AvgIpc) is 2.83. The van der Waals surface area contributed by atoms with Gasteiger partial charge in [0.15, 0.2) is 5.96 Å². The normalized spacial score (nSPS) is 17.6. The van der Waals surface area contributed by atoms with E-state index in [0.717, 1.165) is 0 Å². The summed E-state index contributed by atoms with van der Waals surface area (Å²) in [5, 5.41) is 6.04. The molecule has 0 atom stereocenters. The van der Waals surface area contributed by atoms with Crippen LogP contribution in [0, 0.1) is 5.82 Å². The number of hydrogen-bond acceptors (Lipinski definition) is 3. The Hall–Kier alpha value is -0.940. The molecular weight excluding hydrogens is 434 g/mol. The van der Waals surface area contributed by atoms with Gasteiger partial charge in [0.2, 0.25) is 10.0 Å². The lowest BCUT2D eigenvalue weighted by atomic mass is 10.2. The van der Waals surface area contributed by atoms with Crippen LogP contribution in [-0.2, 0) is 16.6 Å². The molecule has 1 aromatic carbocycles. The van der Waals surface area contributed by atoms with Gasteiger partial charge in [0.1, 0.15) is 5.82 Å². The summed E-state index contributed by atoms with van der Waals surface area (Å²) in [7, 11) is -1.45. The predicted octanol–water partition coefficient (Wildman–Crippen LogP) is 1.14. The predicted molar refractivity (Wildman–Crippen MR) is 100.0 cm³/mol. The molecule has 2 N–H and O–H groups in total. The summed E-state index contributed by atoms with van der Waals surface area (Å²) in [5.74, 6) is 0.473. The third kappa shape index (κ3) is 5.88. The molecule has 1 heterocycles. The third-order valence-electron chi connectivity index (χ3n) is 3.48. The van der Waals surface area contributed by atoms with Crippen molar-refractivity contribution in [1.82, 2.24) is 14.9 Å². The van der Waals surface area contributed by atoms with Crippen LogP contribution in [-0.4, -0.2) is 51.1 Å². The Kier molecular flexibility index (Phi) is 8.20. The van der Waals surface area contributed by atoms with Gasteiger partial charge in [-0.15, -0.1) is 24.0 Å². The van der Waals surface area contributed by atoms with E-state index in [-0.39, 0.29) is 35.5 Å². The standard InChI is InChI=1S/C14H21FN4O2S.HI/c1-16-14(18-11-12-5-2-3-6-13(12)15)17-7-9-19-8-4-10-22(19,20)21;/h2-3,5-6H,4,7-11H2,1H3,(H2,16,17,18);1H. The Labute approximate surface area is 153 Å². The van der Waals surface area contributed by atoms with Gasteiger partial charge in [-0.3, -0.25) is 4.99 Å². The Balaban J connectivity index is 0.00000264. The second-order valence-electron chi connectivity index (χ2n) is 5.01. The summed E-state index contributed by atoms with van der Waals surface area (Å²) in [6, 6.07) is 6.52. The van der Waals surface area contributed by atoms with Crippen LogP contribution in [0.25, 0.3) is 0 Å². The first-order valence-electron chi connectivity index (χ1n) is 7.18. The lowest BCUT2D eigenvalue weighted by molar-refractivity contribution is 0.445. The van der Waals surface area contributed by atoms with Crippen LogP contribution in [0.2, 0.25) is 0 Å². The fourth-order valence-corrected chi connectivity index (χ4v) is 3.81. The van der Waals surface area contributed by atoms with Crippen molar-refractivity contribution in [1.29, 1.82) is 0 Å². The van der Waals surface area contributed by atoms with E-state index >= 15 is 0 Å². The summed E-state index contributed by atoms with van der Waals surface area (Å²) in [4.78, 5) is 4.04. The molecular formula is C14H22FIN4O2S. The van der Waals surface area contributed by atoms with Crippen molar-refractivity contribution < 1.29 is 12.8 Å². The van der Waals surface area contributed by atoms with Gasteiger partial charge in [0.25, 0.3) is 0 Å². The second-order valence-corrected chi connectivity index (χ2v) is 7.10. The van der Waals surface area contributed by atoms with Crippen LogP contribution >= 0.6 is 24.0 Å². The van der Waals surface area contributed by atoms with Gasteiger partial charge >= 0.3 is 0 Å². The summed E-state index contributed by atoms with van der Waals surface area (Å²) in [6.07, 6.45) is 0.683. The molecule has 0 saturated carbocycles. The summed E-state index contributed by atoms with van der Waals surface area (Å²) in [5.41, 5.74) is 0.549. The second kappa shape index (κ2) is 9.38. The smallest absolute Gasteiger partial charge is 0.214 e. The van der Waals surface area contributed by atoms with Gasteiger partial charge in [0, 0.05) is 38.8 Å². The highest BCUT2D eigenvalue weighted by Gasteiger charge is 2.27. The van der Waals surface area contributed by atoms with Gasteiger partial charge in [-0.2, -0.15) is 0 Å². The van der Waals surface area contributed by atoms with Gasteiger partial charge in [-0.25, -0.2) is 17.1 Å². The van der Waals surface area contributed by atoms with Crippen LogP contribution in [0.5, 0.6) is 0 Å². The monoisotopic (exact) mass is 456 g/mol. The van der Waals surface area contributed by atoms with E-state index in [1.165, 1.54) is 10.4 Å².